The predicted octanol–water partition coefficient (Wildman–Crippen LogP) is 4.76. The first-order valence-electron chi connectivity index (χ1n) is 7.71. The van der Waals surface area contributed by atoms with Gasteiger partial charge in [0.25, 0.3) is 5.69 Å². The third kappa shape index (κ3) is 4.68. The van der Waals surface area contributed by atoms with Gasteiger partial charge in [-0.15, -0.1) is 11.3 Å². The second kappa shape index (κ2) is 8.11. The Morgan fingerprint density at radius 3 is 2.77 bits per heavy atom. The molecule has 0 unspecified atom stereocenters. The molecule has 1 amide bonds. The maximum atomic E-state index is 12.0. The predicted molar refractivity (Wildman–Crippen MR) is 105 cm³/mol. The Labute approximate surface area is 158 Å². The molecule has 0 atom stereocenters. The molecule has 3 rings (SSSR count). The Morgan fingerprint density at radius 2 is 2.04 bits per heavy atom. The number of carbonyl (C=O) groups is 1. The van der Waals surface area contributed by atoms with Crippen LogP contribution in [0.25, 0.3) is 11.3 Å². The first-order chi connectivity index (χ1) is 12.5. The summed E-state index contributed by atoms with van der Waals surface area (Å²) in [5.41, 5.74) is 3.28. The van der Waals surface area contributed by atoms with Gasteiger partial charge in [-0.3, -0.25) is 14.9 Å². The summed E-state index contributed by atoms with van der Waals surface area (Å²) >= 11 is 2.75. The number of nitro groups is 1. The van der Waals surface area contributed by atoms with E-state index in [1.165, 1.54) is 35.2 Å². The van der Waals surface area contributed by atoms with E-state index in [-0.39, 0.29) is 17.3 Å². The summed E-state index contributed by atoms with van der Waals surface area (Å²) in [5.74, 6) is 0.140. The molecular formula is C18H15N3O3S2. The van der Waals surface area contributed by atoms with Crippen LogP contribution in [0.2, 0.25) is 0 Å². The zero-order chi connectivity index (χ0) is 18.5. The molecule has 1 heterocycles. The molecule has 1 N–H and O–H groups in total. The lowest BCUT2D eigenvalue weighted by atomic mass is 10.1. The minimum atomic E-state index is -0.430. The molecule has 0 saturated carbocycles. The second-order valence-electron chi connectivity index (χ2n) is 5.51. The molecular weight excluding hydrogens is 370 g/mol. The minimum absolute atomic E-state index is 0.0298. The van der Waals surface area contributed by atoms with Crippen molar-refractivity contribution in [3.05, 3.63) is 69.6 Å². The molecule has 132 valence electrons. The zero-order valence-corrected chi connectivity index (χ0v) is 15.5. The number of aryl methyl sites for hydroxylation is 1. The second-order valence-corrected chi connectivity index (χ2v) is 7.59. The average Bonchev–Trinajstić information content (AvgIpc) is 3.11. The molecule has 0 aliphatic heterocycles. The summed E-state index contributed by atoms with van der Waals surface area (Å²) < 4.78 is 0.741. The molecule has 3 aromatic rings. The van der Waals surface area contributed by atoms with E-state index >= 15 is 0 Å². The number of benzene rings is 2. The number of non-ortho nitro benzene ring substituents is 1. The van der Waals surface area contributed by atoms with E-state index in [1.807, 2.05) is 36.6 Å². The van der Waals surface area contributed by atoms with Crippen molar-refractivity contribution < 1.29 is 9.72 Å². The number of anilines is 1. The van der Waals surface area contributed by atoms with Crippen LogP contribution in [0.15, 0.2) is 58.3 Å². The zero-order valence-electron chi connectivity index (χ0n) is 13.8. The molecule has 6 nitrogen and oxygen atoms in total. The molecule has 26 heavy (non-hydrogen) atoms. The number of nitrogens with zero attached hydrogens (tertiary/aromatic N) is 2. The lowest BCUT2D eigenvalue weighted by molar-refractivity contribution is -0.384. The fraction of sp³-hybridized carbons (Fsp3) is 0.111. The van der Waals surface area contributed by atoms with Crippen molar-refractivity contribution in [1.29, 1.82) is 0 Å². The van der Waals surface area contributed by atoms with Crippen LogP contribution in [-0.4, -0.2) is 21.6 Å². The van der Waals surface area contributed by atoms with Gasteiger partial charge in [0.2, 0.25) is 5.91 Å². The third-order valence-corrected chi connectivity index (χ3v) is 5.52. The number of carbonyl (C=O) groups excluding carboxylic acids is 1. The van der Waals surface area contributed by atoms with Crippen molar-refractivity contribution in [3.8, 4) is 11.3 Å². The highest BCUT2D eigenvalue weighted by molar-refractivity contribution is 8.01. The van der Waals surface area contributed by atoms with Crippen molar-refractivity contribution in [3.63, 3.8) is 0 Å². The van der Waals surface area contributed by atoms with Crippen molar-refractivity contribution in [2.24, 2.45) is 0 Å². The molecule has 0 bridgehead atoms. The van der Waals surface area contributed by atoms with E-state index in [1.54, 1.807) is 12.1 Å². The van der Waals surface area contributed by atoms with Crippen molar-refractivity contribution in [2.45, 2.75) is 11.3 Å². The smallest absolute Gasteiger partial charge is 0.270 e. The number of nitrogens with one attached hydrogen (secondary N) is 1. The van der Waals surface area contributed by atoms with Gasteiger partial charge in [0.15, 0.2) is 4.34 Å². The quantitative estimate of drug-likeness (QED) is 0.376. The van der Waals surface area contributed by atoms with E-state index in [0.29, 0.717) is 11.3 Å². The van der Waals surface area contributed by atoms with Gasteiger partial charge in [-0.25, -0.2) is 4.98 Å². The van der Waals surface area contributed by atoms with Crippen LogP contribution in [0, 0.1) is 17.0 Å². The van der Waals surface area contributed by atoms with Crippen LogP contribution in [0.3, 0.4) is 0 Å². The molecule has 0 saturated heterocycles. The number of nitro benzene ring substituents is 1. The molecule has 8 heteroatoms. The topological polar surface area (TPSA) is 85.1 Å². The number of rotatable bonds is 6. The Kier molecular flexibility index (Phi) is 5.65. The molecule has 0 fully saturated rings. The third-order valence-electron chi connectivity index (χ3n) is 3.50. The van der Waals surface area contributed by atoms with E-state index in [9.17, 15) is 14.9 Å². The Morgan fingerprint density at radius 1 is 1.27 bits per heavy atom. The van der Waals surface area contributed by atoms with Crippen LogP contribution < -0.4 is 5.32 Å². The van der Waals surface area contributed by atoms with Gasteiger partial charge >= 0.3 is 0 Å². The number of thioether (sulfide) groups is 1. The van der Waals surface area contributed by atoms with Crippen LogP contribution in [0.1, 0.15) is 5.56 Å². The van der Waals surface area contributed by atoms with E-state index in [0.717, 1.165) is 15.6 Å². The van der Waals surface area contributed by atoms with Crippen molar-refractivity contribution >= 4 is 40.4 Å². The average molecular weight is 385 g/mol. The molecule has 1 aromatic heterocycles. The highest BCUT2D eigenvalue weighted by atomic mass is 32.2. The van der Waals surface area contributed by atoms with Gasteiger partial charge in [0.1, 0.15) is 0 Å². The highest BCUT2D eigenvalue weighted by Crippen LogP contribution is 2.30. The SMILES string of the molecule is Cc1ccc(NC(=O)CSc2nc(-c3cccc([N+](=O)[O-])c3)cs2)cc1. The largest absolute Gasteiger partial charge is 0.325 e. The van der Waals surface area contributed by atoms with Gasteiger partial charge in [0.05, 0.1) is 16.4 Å². The van der Waals surface area contributed by atoms with Gasteiger partial charge in [0, 0.05) is 28.8 Å². The fourth-order valence-electron chi connectivity index (χ4n) is 2.20. The van der Waals surface area contributed by atoms with Crippen LogP contribution >= 0.6 is 23.1 Å². The maximum Gasteiger partial charge on any atom is 0.270 e. The molecule has 0 spiro atoms. The first-order valence-corrected chi connectivity index (χ1v) is 9.57. The van der Waals surface area contributed by atoms with Crippen molar-refractivity contribution in [1.82, 2.24) is 4.98 Å². The maximum absolute atomic E-state index is 12.0. The lowest BCUT2D eigenvalue weighted by Gasteiger charge is -2.04. The number of aromatic nitrogens is 1. The minimum Gasteiger partial charge on any atom is -0.325 e. The Bertz CT molecular complexity index is 939. The van der Waals surface area contributed by atoms with E-state index < -0.39 is 4.92 Å². The number of hydrogen-bond acceptors (Lipinski definition) is 6. The number of amides is 1. The fourth-order valence-corrected chi connectivity index (χ4v) is 3.83. The van der Waals surface area contributed by atoms with Crippen LogP contribution in [0.5, 0.6) is 0 Å². The summed E-state index contributed by atoms with van der Waals surface area (Å²) in [6.07, 6.45) is 0. The number of thiazole rings is 1. The van der Waals surface area contributed by atoms with E-state index in [2.05, 4.69) is 10.3 Å². The van der Waals surface area contributed by atoms with Crippen LogP contribution in [0.4, 0.5) is 11.4 Å². The molecule has 0 radical (unpaired) electrons. The van der Waals surface area contributed by atoms with Gasteiger partial charge in [-0.1, -0.05) is 41.6 Å². The van der Waals surface area contributed by atoms with E-state index in [4.69, 9.17) is 0 Å². The van der Waals surface area contributed by atoms with Gasteiger partial charge in [-0.05, 0) is 19.1 Å². The summed E-state index contributed by atoms with van der Waals surface area (Å²) in [6, 6.07) is 14.0. The molecule has 0 aliphatic rings. The number of hydrogen-bond donors (Lipinski definition) is 1. The molecule has 2 aromatic carbocycles. The van der Waals surface area contributed by atoms with Gasteiger partial charge < -0.3 is 5.32 Å². The Balaban J connectivity index is 1.60. The van der Waals surface area contributed by atoms with Crippen molar-refractivity contribution in [2.75, 3.05) is 11.1 Å². The Hall–Kier alpha value is -2.71. The summed E-state index contributed by atoms with van der Waals surface area (Å²) in [6.45, 7) is 1.99. The highest BCUT2D eigenvalue weighted by Gasteiger charge is 2.11. The monoisotopic (exact) mass is 385 g/mol. The normalized spacial score (nSPS) is 10.5. The van der Waals surface area contributed by atoms with Gasteiger partial charge in [-0.2, -0.15) is 0 Å². The van der Waals surface area contributed by atoms with Crippen LogP contribution in [-0.2, 0) is 4.79 Å². The summed E-state index contributed by atoms with van der Waals surface area (Å²) in [7, 11) is 0. The first kappa shape index (κ1) is 18.1. The molecule has 0 aliphatic carbocycles. The standard InChI is InChI=1S/C18H15N3O3S2/c1-12-5-7-14(8-6-12)19-17(22)11-26-18-20-16(10-25-18)13-3-2-4-15(9-13)21(23)24/h2-10H,11H2,1H3,(H,19,22). The lowest BCUT2D eigenvalue weighted by Crippen LogP contribution is -2.13. The summed E-state index contributed by atoms with van der Waals surface area (Å²) in [5, 5.41) is 15.5. The summed E-state index contributed by atoms with van der Waals surface area (Å²) in [4.78, 5) is 26.9.